The molecule has 0 spiro atoms. The Bertz CT molecular complexity index is 1340. The van der Waals surface area contributed by atoms with Crippen molar-refractivity contribution >= 4 is 45.6 Å². The number of allylic oxidation sites excluding steroid dienone is 1. The third-order valence-corrected chi connectivity index (χ3v) is 5.49. The molecule has 0 heterocycles. The van der Waals surface area contributed by atoms with Crippen molar-refractivity contribution in [3.05, 3.63) is 111 Å². The summed E-state index contributed by atoms with van der Waals surface area (Å²) >= 11 is 12.2. The standard InChI is InChI=1S/C26H16Cl2FNO/c27-20-11-9-18(24(28)14-20)16-31-26-12-10-17-5-1-2-6-21(17)23(26)13-19(15-30)22-7-3-4-8-25(22)29/h1-14H,16H2. The summed E-state index contributed by atoms with van der Waals surface area (Å²) < 4.78 is 20.4. The van der Waals surface area contributed by atoms with Crippen LogP contribution in [0, 0.1) is 17.1 Å². The van der Waals surface area contributed by atoms with Crippen LogP contribution in [0.3, 0.4) is 0 Å². The highest BCUT2D eigenvalue weighted by atomic mass is 35.5. The summed E-state index contributed by atoms with van der Waals surface area (Å²) in [4.78, 5) is 0. The first-order chi connectivity index (χ1) is 15.1. The number of benzene rings is 4. The van der Waals surface area contributed by atoms with Crippen molar-refractivity contribution in [1.29, 1.82) is 5.26 Å². The van der Waals surface area contributed by atoms with Gasteiger partial charge in [-0.2, -0.15) is 5.26 Å². The maximum Gasteiger partial charge on any atom is 0.131 e. The minimum absolute atomic E-state index is 0.212. The van der Waals surface area contributed by atoms with Crippen molar-refractivity contribution in [2.75, 3.05) is 0 Å². The Morgan fingerprint density at radius 2 is 1.74 bits per heavy atom. The second-order valence-corrected chi connectivity index (χ2v) is 7.72. The van der Waals surface area contributed by atoms with E-state index in [1.54, 1.807) is 42.5 Å². The van der Waals surface area contributed by atoms with Crippen LogP contribution in [0.5, 0.6) is 5.75 Å². The van der Waals surface area contributed by atoms with Crippen LogP contribution in [0.25, 0.3) is 22.4 Å². The summed E-state index contributed by atoms with van der Waals surface area (Å²) in [5.41, 5.74) is 1.93. The molecule has 0 aliphatic rings. The van der Waals surface area contributed by atoms with Gasteiger partial charge in [-0.1, -0.05) is 77.8 Å². The van der Waals surface area contributed by atoms with E-state index in [1.807, 2.05) is 36.4 Å². The Labute approximate surface area is 189 Å². The van der Waals surface area contributed by atoms with E-state index < -0.39 is 5.82 Å². The zero-order valence-corrected chi connectivity index (χ0v) is 17.8. The summed E-state index contributed by atoms with van der Waals surface area (Å²) in [7, 11) is 0. The van der Waals surface area contributed by atoms with Crippen LogP contribution in [0.4, 0.5) is 4.39 Å². The molecule has 0 bridgehead atoms. The van der Waals surface area contributed by atoms with Gasteiger partial charge in [0.2, 0.25) is 0 Å². The van der Waals surface area contributed by atoms with Crippen molar-refractivity contribution in [3.63, 3.8) is 0 Å². The lowest BCUT2D eigenvalue weighted by atomic mass is 9.98. The summed E-state index contributed by atoms with van der Waals surface area (Å²) in [6, 6.07) is 25.1. The van der Waals surface area contributed by atoms with Crippen LogP contribution in [0.15, 0.2) is 78.9 Å². The Kier molecular flexibility index (Phi) is 6.23. The van der Waals surface area contributed by atoms with Gasteiger partial charge >= 0.3 is 0 Å². The first-order valence-corrected chi connectivity index (χ1v) is 10.3. The Morgan fingerprint density at radius 1 is 0.968 bits per heavy atom. The maximum absolute atomic E-state index is 14.3. The van der Waals surface area contributed by atoms with Gasteiger partial charge in [-0.15, -0.1) is 0 Å². The highest BCUT2D eigenvalue weighted by Crippen LogP contribution is 2.33. The molecule has 0 fully saturated rings. The first-order valence-electron chi connectivity index (χ1n) is 9.52. The molecule has 4 rings (SSSR count). The molecule has 0 aliphatic heterocycles. The molecule has 4 aromatic carbocycles. The van der Waals surface area contributed by atoms with Gasteiger partial charge < -0.3 is 4.74 Å². The number of halogens is 3. The highest BCUT2D eigenvalue weighted by Gasteiger charge is 2.13. The van der Waals surface area contributed by atoms with Crippen LogP contribution in [-0.4, -0.2) is 0 Å². The molecular formula is C26H16Cl2FNO. The van der Waals surface area contributed by atoms with Gasteiger partial charge in [-0.25, -0.2) is 4.39 Å². The van der Waals surface area contributed by atoms with E-state index in [1.165, 1.54) is 6.07 Å². The first kappa shape index (κ1) is 20.9. The third kappa shape index (κ3) is 4.56. The largest absolute Gasteiger partial charge is 0.488 e. The number of hydrogen-bond acceptors (Lipinski definition) is 2. The van der Waals surface area contributed by atoms with Gasteiger partial charge in [0.1, 0.15) is 18.2 Å². The van der Waals surface area contributed by atoms with E-state index in [0.29, 0.717) is 21.4 Å². The van der Waals surface area contributed by atoms with Gasteiger partial charge in [0, 0.05) is 26.7 Å². The van der Waals surface area contributed by atoms with Crippen LogP contribution in [0.2, 0.25) is 10.0 Å². The van der Waals surface area contributed by atoms with Gasteiger partial charge in [0.25, 0.3) is 0 Å². The predicted octanol–water partition coefficient (Wildman–Crippen LogP) is 7.93. The van der Waals surface area contributed by atoms with Gasteiger partial charge in [0.05, 0.1) is 11.6 Å². The van der Waals surface area contributed by atoms with Crippen molar-refractivity contribution in [1.82, 2.24) is 0 Å². The molecule has 0 amide bonds. The number of rotatable bonds is 5. The average molecular weight is 448 g/mol. The Balaban J connectivity index is 1.81. The normalized spacial score (nSPS) is 11.4. The molecule has 0 aromatic heterocycles. The molecule has 0 atom stereocenters. The molecule has 0 radical (unpaired) electrons. The third-order valence-electron chi connectivity index (χ3n) is 4.90. The van der Waals surface area contributed by atoms with E-state index in [9.17, 15) is 9.65 Å². The Morgan fingerprint density at radius 3 is 2.52 bits per heavy atom. The molecule has 5 heteroatoms. The van der Waals surface area contributed by atoms with Crippen molar-refractivity contribution in [3.8, 4) is 11.8 Å². The van der Waals surface area contributed by atoms with Crippen LogP contribution >= 0.6 is 23.2 Å². The molecule has 0 saturated heterocycles. The Hall–Kier alpha value is -3.32. The van der Waals surface area contributed by atoms with E-state index in [0.717, 1.165) is 16.3 Å². The van der Waals surface area contributed by atoms with Crippen molar-refractivity contribution < 1.29 is 9.13 Å². The topological polar surface area (TPSA) is 33.0 Å². The molecule has 0 saturated carbocycles. The van der Waals surface area contributed by atoms with Gasteiger partial charge in [0.15, 0.2) is 0 Å². The van der Waals surface area contributed by atoms with Gasteiger partial charge in [-0.05, 0) is 41.1 Å². The van der Waals surface area contributed by atoms with E-state index in [-0.39, 0.29) is 17.7 Å². The fraction of sp³-hybridized carbons (Fsp3) is 0.0385. The lowest BCUT2D eigenvalue weighted by molar-refractivity contribution is 0.306. The smallest absolute Gasteiger partial charge is 0.131 e. The SMILES string of the molecule is N#CC(=Cc1c(OCc2ccc(Cl)cc2Cl)ccc2ccccc12)c1ccccc1F. The quantitative estimate of drug-likeness (QED) is 0.229. The second-order valence-electron chi connectivity index (χ2n) is 6.87. The minimum atomic E-state index is -0.453. The van der Waals surface area contributed by atoms with Crippen LogP contribution < -0.4 is 4.74 Å². The summed E-state index contributed by atoms with van der Waals surface area (Å²) in [5.74, 6) is 0.111. The van der Waals surface area contributed by atoms with Crippen LogP contribution in [0.1, 0.15) is 16.7 Å². The molecular weight excluding hydrogens is 432 g/mol. The number of nitriles is 1. The van der Waals surface area contributed by atoms with E-state index in [4.69, 9.17) is 27.9 Å². The molecule has 2 nitrogen and oxygen atoms in total. The lowest BCUT2D eigenvalue weighted by Crippen LogP contribution is -1.99. The zero-order chi connectivity index (χ0) is 21.8. The second kappa shape index (κ2) is 9.22. The molecule has 0 unspecified atom stereocenters. The maximum atomic E-state index is 14.3. The predicted molar refractivity (Wildman–Crippen MR) is 125 cm³/mol. The number of nitrogens with zero attached hydrogens (tertiary/aromatic N) is 1. The molecule has 4 aromatic rings. The molecule has 31 heavy (non-hydrogen) atoms. The van der Waals surface area contributed by atoms with Crippen LogP contribution in [-0.2, 0) is 6.61 Å². The highest BCUT2D eigenvalue weighted by molar-refractivity contribution is 6.35. The monoisotopic (exact) mass is 447 g/mol. The molecule has 0 N–H and O–H groups in total. The molecule has 152 valence electrons. The number of ether oxygens (including phenoxy) is 1. The van der Waals surface area contributed by atoms with Crippen molar-refractivity contribution in [2.24, 2.45) is 0 Å². The zero-order valence-electron chi connectivity index (χ0n) is 16.3. The average Bonchev–Trinajstić information content (AvgIpc) is 2.78. The summed E-state index contributed by atoms with van der Waals surface area (Å²) in [6.45, 7) is 0.219. The van der Waals surface area contributed by atoms with Crippen molar-refractivity contribution in [2.45, 2.75) is 6.61 Å². The minimum Gasteiger partial charge on any atom is -0.488 e. The fourth-order valence-corrected chi connectivity index (χ4v) is 3.80. The summed E-state index contributed by atoms with van der Waals surface area (Å²) in [5, 5.41) is 12.7. The number of hydrogen-bond donors (Lipinski definition) is 0. The summed E-state index contributed by atoms with van der Waals surface area (Å²) in [6.07, 6.45) is 1.67. The number of fused-ring (bicyclic) bond motifs is 1. The van der Waals surface area contributed by atoms with Gasteiger partial charge in [-0.3, -0.25) is 0 Å². The van der Waals surface area contributed by atoms with E-state index in [2.05, 4.69) is 6.07 Å². The fourth-order valence-electron chi connectivity index (χ4n) is 3.34. The molecule has 0 aliphatic carbocycles. The van der Waals surface area contributed by atoms with E-state index >= 15 is 0 Å². The lowest BCUT2D eigenvalue weighted by Gasteiger charge is -2.14.